The lowest BCUT2D eigenvalue weighted by molar-refractivity contribution is -0.129. The average molecular weight is 221 g/mol. The second-order valence-electron chi connectivity index (χ2n) is 3.25. The molecule has 3 N–H and O–H groups in total. The summed E-state index contributed by atoms with van der Waals surface area (Å²) >= 11 is 0. The van der Waals surface area contributed by atoms with Gasteiger partial charge in [0.05, 0.1) is 5.56 Å². The van der Waals surface area contributed by atoms with Gasteiger partial charge in [-0.3, -0.25) is 9.59 Å². The summed E-state index contributed by atoms with van der Waals surface area (Å²) in [5.74, 6) is -2.13. The third-order valence-corrected chi connectivity index (χ3v) is 2.14. The van der Waals surface area contributed by atoms with Crippen molar-refractivity contribution in [2.45, 2.75) is 6.04 Å². The molecule has 1 aliphatic heterocycles. The number of carbonyl (C=O) groups excluding carboxylic acids is 2. The molecular weight excluding hydrogens is 213 g/mol. The first-order valence-corrected chi connectivity index (χ1v) is 4.53. The van der Waals surface area contributed by atoms with Gasteiger partial charge in [-0.15, -0.1) is 0 Å². The van der Waals surface area contributed by atoms with Crippen molar-refractivity contribution in [2.24, 2.45) is 10.7 Å². The molecule has 5 nitrogen and oxygen atoms in total. The van der Waals surface area contributed by atoms with Crippen molar-refractivity contribution in [1.29, 1.82) is 0 Å². The largest absolute Gasteiger partial charge is 0.312 e. The molecule has 0 aromatic heterocycles. The predicted molar refractivity (Wildman–Crippen MR) is 54.1 cm³/mol. The molecule has 0 fully saturated rings. The van der Waals surface area contributed by atoms with E-state index in [1.54, 1.807) is 6.07 Å². The molecule has 2 rings (SSSR count). The van der Waals surface area contributed by atoms with Crippen molar-refractivity contribution in [2.75, 3.05) is 0 Å². The molecule has 16 heavy (non-hydrogen) atoms. The first-order chi connectivity index (χ1) is 7.59. The van der Waals surface area contributed by atoms with Crippen molar-refractivity contribution < 1.29 is 14.0 Å². The Bertz CT molecular complexity index is 499. The monoisotopic (exact) mass is 221 g/mol. The summed E-state index contributed by atoms with van der Waals surface area (Å²) in [7, 11) is 0. The Morgan fingerprint density at radius 2 is 2.00 bits per heavy atom. The summed E-state index contributed by atoms with van der Waals surface area (Å²) in [6.07, 6.45) is 0. The normalized spacial score (nSPS) is 20.4. The van der Waals surface area contributed by atoms with Crippen molar-refractivity contribution in [1.82, 2.24) is 5.32 Å². The van der Waals surface area contributed by atoms with Crippen LogP contribution in [0.15, 0.2) is 29.3 Å². The maximum atomic E-state index is 13.4. The fourth-order valence-corrected chi connectivity index (χ4v) is 1.30. The number of nitrogens with zero attached hydrogens (tertiary/aromatic N) is 1. The Morgan fingerprint density at radius 1 is 1.31 bits per heavy atom. The Labute approximate surface area is 90.2 Å². The van der Waals surface area contributed by atoms with E-state index in [1.807, 2.05) is 0 Å². The highest BCUT2D eigenvalue weighted by molar-refractivity contribution is 6.22. The van der Waals surface area contributed by atoms with Crippen molar-refractivity contribution in [3.8, 4) is 0 Å². The Balaban J connectivity index is 2.44. The quantitative estimate of drug-likeness (QED) is 0.630. The van der Waals surface area contributed by atoms with Crippen LogP contribution >= 0.6 is 0 Å². The molecular formula is C10H8FN3O2. The maximum Gasteiger partial charge on any atom is 0.274 e. The number of benzene rings is 1. The van der Waals surface area contributed by atoms with Gasteiger partial charge in [-0.05, 0) is 12.1 Å². The van der Waals surface area contributed by atoms with Crippen molar-refractivity contribution >= 4 is 17.6 Å². The number of nitrogens with two attached hydrogens (primary N) is 1. The first-order valence-electron chi connectivity index (χ1n) is 4.53. The fraction of sp³-hybridized carbons (Fsp3) is 0.100. The minimum Gasteiger partial charge on any atom is -0.312 e. The zero-order chi connectivity index (χ0) is 11.7. The molecule has 6 heteroatoms. The van der Waals surface area contributed by atoms with Gasteiger partial charge < -0.3 is 11.1 Å². The van der Waals surface area contributed by atoms with E-state index in [0.717, 1.165) is 0 Å². The van der Waals surface area contributed by atoms with Gasteiger partial charge in [0.1, 0.15) is 11.7 Å². The molecule has 0 aliphatic carbocycles. The summed E-state index contributed by atoms with van der Waals surface area (Å²) in [6.45, 7) is 0. The number of aliphatic imine (C=N–C) groups is 1. The van der Waals surface area contributed by atoms with Crippen LogP contribution in [0.1, 0.15) is 5.56 Å². The molecule has 1 aliphatic rings. The Morgan fingerprint density at radius 3 is 2.62 bits per heavy atom. The molecule has 2 amide bonds. The number of halogens is 1. The van der Waals surface area contributed by atoms with Gasteiger partial charge in [-0.2, -0.15) is 4.99 Å². The Kier molecular flexibility index (Phi) is 2.49. The summed E-state index contributed by atoms with van der Waals surface area (Å²) in [5.41, 5.74) is 5.30. The van der Waals surface area contributed by atoms with E-state index in [0.29, 0.717) is 0 Å². The summed E-state index contributed by atoms with van der Waals surface area (Å²) in [5, 5.41) is 2.28. The van der Waals surface area contributed by atoms with Gasteiger partial charge in [-0.25, -0.2) is 4.39 Å². The standard InChI is InChI=1S/C10H8FN3O2/c11-6-4-2-1-3-5(6)8-13-9(15)7(12)10(16)14-8/h1-4,7H,12H2,(H,13,14,15,16). The van der Waals surface area contributed by atoms with Crippen LogP contribution < -0.4 is 11.1 Å². The molecule has 1 aromatic carbocycles. The molecule has 0 saturated carbocycles. The van der Waals surface area contributed by atoms with E-state index >= 15 is 0 Å². The second kappa shape index (κ2) is 3.82. The molecule has 1 unspecified atom stereocenters. The number of hydrogen-bond donors (Lipinski definition) is 2. The minimum absolute atomic E-state index is 0.0658. The van der Waals surface area contributed by atoms with E-state index in [1.165, 1.54) is 18.2 Å². The lowest BCUT2D eigenvalue weighted by Crippen LogP contribution is -2.52. The average Bonchev–Trinajstić information content (AvgIpc) is 2.26. The predicted octanol–water partition coefficient (Wildman–Crippen LogP) is -0.444. The lowest BCUT2D eigenvalue weighted by atomic mass is 10.1. The van der Waals surface area contributed by atoms with E-state index in [4.69, 9.17) is 5.73 Å². The third kappa shape index (κ3) is 1.70. The number of amidine groups is 1. The molecule has 1 heterocycles. The molecule has 1 aromatic rings. The smallest absolute Gasteiger partial charge is 0.274 e. The number of amides is 2. The van der Waals surface area contributed by atoms with Crippen LogP contribution in [0, 0.1) is 5.82 Å². The molecule has 0 radical (unpaired) electrons. The van der Waals surface area contributed by atoms with Gasteiger partial charge in [0.2, 0.25) is 0 Å². The second-order valence-corrected chi connectivity index (χ2v) is 3.25. The zero-order valence-electron chi connectivity index (χ0n) is 8.11. The number of nitrogens with one attached hydrogen (secondary N) is 1. The van der Waals surface area contributed by atoms with E-state index in [2.05, 4.69) is 10.3 Å². The highest BCUT2D eigenvalue weighted by Crippen LogP contribution is 2.09. The van der Waals surface area contributed by atoms with Crippen LogP contribution in [0.5, 0.6) is 0 Å². The van der Waals surface area contributed by atoms with Crippen LogP contribution in [0.4, 0.5) is 4.39 Å². The van der Waals surface area contributed by atoms with E-state index < -0.39 is 23.7 Å². The summed E-state index contributed by atoms with van der Waals surface area (Å²) in [4.78, 5) is 26.0. The van der Waals surface area contributed by atoms with Gasteiger partial charge in [0, 0.05) is 0 Å². The Hall–Kier alpha value is -2.08. The summed E-state index contributed by atoms with van der Waals surface area (Å²) < 4.78 is 13.4. The molecule has 0 bridgehead atoms. The van der Waals surface area contributed by atoms with Crippen LogP contribution in [0.3, 0.4) is 0 Å². The highest BCUT2D eigenvalue weighted by atomic mass is 19.1. The van der Waals surface area contributed by atoms with Crippen molar-refractivity contribution in [3.63, 3.8) is 0 Å². The minimum atomic E-state index is -1.31. The van der Waals surface area contributed by atoms with Crippen LogP contribution in [-0.2, 0) is 9.59 Å². The molecule has 0 spiro atoms. The van der Waals surface area contributed by atoms with Gasteiger partial charge in [-0.1, -0.05) is 12.1 Å². The van der Waals surface area contributed by atoms with Gasteiger partial charge in [0.25, 0.3) is 11.8 Å². The van der Waals surface area contributed by atoms with Crippen LogP contribution in [0.2, 0.25) is 0 Å². The number of hydrogen-bond acceptors (Lipinski definition) is 3. The topological polar surface area (TPSA) is 84.6 Å². The maximum absolute atomic E-state index is 13.4. The van der Waals surface area contributed by atoms with Gasteiger partial charge in [0.15, 0.2) is 6.04 Å². The SMILES string of the molecule is NC1C(=O)N=C(c2ccccc2F)NC1=O. The van der Waals surface area contributed by atoms with Crippen LogP contribution in [0.25, 0.3) is 0 Å². The summed E-state index contributed by atoms with van der Waals surface area (Å²) in [6, 6.07) is 4.39. The number of carbonyl (C=O) groups is 2. The zero-order valence-corrected chi connectivity index (χ0v) is 8.11. The van der Waals surface area contributed by atoms with E-state index in [9.17, 15) is 14.0 Å². The molecule has 0 saturated heterocycles. The lowest BCUT2D eigenvalue weighted by Gasteiger charge is -2.17. The highest BCUT2D eigenvalue weighted by Gasteiger charge is 2.29. The molecule has 1 atom stereocenters. The van der Waals surface area contributed by atoms with Crippen molar-refractivity contribution in [3.05, 3.63) is 35.6 Å². The third-order valence-electron chi connectivity index (χ3n) is 2.14. The van der Waals surface area contributed by atoms with Gasteiger partial charge >= 0.3 is 0 Å². The first kappa shape index (κ1) is 10.4. The van der Waals surface area contributed by atoms with E-state index in [-0.39, 0.29) is 11.4 Å². The molecule has 82 valence electrons. The van der Waals surface area contributed by atoms with Crippen LogP contribution in [-0.4, -0.2) is 23.7 Å². The number of rotatable bonds is 1. The fourth-order valence-electron chi connectivity index (χ4n) is 1.30.